The third-order valence-electron chi connectivity index (χ3n) is 7.02. The zero-order chi connectivity index (χ0) is 23.8. The number of benzene rings is 2. The number of ether oxygens (including phenoxy) is 1. The molecule has 180 valence electrons. The predicted octanol–water partition coefficient (Wildman–Crippen LogP) is 5.48. The number of aryl methyl sites for hydroxylation is 1. The number of nitrogens with one attached hydrogen (secondary N) is 1. The van der Waals surface area contributed by atoms with Gasteiger partial charge < -0.3 is 19.7 Å². The molecule has 34 heavy (non-hydrogen) atoms. The Morgan fingerprint density at radius 1 is 1.26 bits per heavy atom. The lowest BCUT2D eigenvalue weighted by Crippen LogP contribution is -2.25. The van der Waals surface area contributed by atoms with Crippen molar-refractivity contribution in [3.8, 4) is 0 Å². The van der Waals surface area contributed by atoms with Gasteiger partial charge in [0.1, 0.15) is 5.82 Å². The second-order valence-corrected chi connectivity index (χ2v) is 9.38. The summed E-state index contributed by atoms with van der Waals surface area (Å²) in [6.07, 6.45) is 1.21. The lowest BCUT2D eigenvalue weighted by molar-refractivity contribution is -0.138. The lowest BCUT2D eigenvalue weighted by Gasteiger charge is -2.27. The maximum atomic E-state index is 13.3. The number of aliphatic carboxylic acids is 1. The highest BCUT2D eigenvalue weighted by atomic mass is 19.3. The number of carboxylic acids is 1. The quantitative estimate of drug-likeness (QED) is 0.500. The Hall–Kier alpha value is -3.00. The van der Waals surface area contributed by atoms with Gasteiger partial charge in [-0.15, -0.1) is 0 Å². The van der Waals surface area contributed by atoms with Gasteiger partial charge >= 0.3 is 5.97 Å². The van der Waals surface area contributed by atoms with Crippen LogP contribution in [0.4, 0.5) is 14.5 Å². The van der Waals surface area contributed by atoms with Gasteiger partial charge in [-0.25, -0.2) is 13.8 Å². The van der Waals surface area contributed by atoms with E-state index < -0.39 is 18.3 Å². The molecule has 1 saturated heterocycles. The highest BCUT2D eigenvalue weighted by Crippen LogP contribution is 2.36. The van der Waals surface area contributed by atoms with E-state index in [1.54, 1.807) is 6.07 Å². The van der Waals surface area contributed by atoms with Crippen molar-refractivity contribution in [2.24, 2.45) is 0 Å². The maximum absolute atomic E-state index is 13.3. The molecule has 2 unspecified atom stereocenters. The van der Waals surface area contributed by atoms with Gasteiger partial charge in [0.05, 0.1) is 29.6 Å². The molecule has 2 N–H and O–H groups in total. The van der Waals surface area contributed by atoms with E-state index in [2.05, 4.69) is 28.9 Å². The summed E-state index contributed by atoms with van der Waals surface area (Å²) in [6, 6.07) is 10.3. The van der Waals surface area contributed by atoms with Gasteiger partial charge in [-0.2, -0.15) is 0 Å². The normalized spacial score (nSPS) is 21.3. The molecule has 2 aliphatic rings. The number of hydrogen-bond acceptors (Lipinski definition) is 4. The van der Waals surface area contributed by atoms with Gasteiger partial charge in [0, 0.05) is 35.9 Å². The first-order valence-corrected chi connectivity index (χ1v) is 11.9. The number of alkyl halides is 2. The lowest BCUT2D eigenvalue weighted by atomic mass is 9.93. The minimum absolute atomic E-state index is 0.0594. The molecule has 0 amide bonds. The predicted molar refractivity (Wildman–Crippen MR) is 126 cm³/mol. The molecule has 0 aliphatic carbocycles. The first kappa shape index (κ1) is 22.8. The third-order valence-corrected chi connectivity index (χ3v) is 7.02. The number of hydrogen-bond donors (Lipinski definition) is 2. The van der Waals surface area contributed by atoms with Gasteiger partial charge in [-0.3, -0.25) is 4.79 Å². The van der Waals surface area contributed by atoms with E-state index in [1.165, 1.54) is 18.2 Å². The fraction of sp³-hybridized carbons (Fsp3) is 0.462. The Kier molecular flexibility index (Phi) is 6.25. The van der Waals surface area contributed by atoms with Crippen molar-refractivity contribution in [2.45, 2.75) is 63.5 Å². The van der Waals surface area contributed by atoms with E-state index >= 15 is 0 Å². The van der Waals surface area contributed by atoms with Crippen LogP contribution in [0.1, 0.15) is 67.1 Å². The molecule has 3 aromatic rings. The summed E-state index contributed by atoms with van der Waals surface area (Å²) >= 11 is 0. The Morgan fingerprint density at radius 3 is 2.82 bits per heavy atom. The number of halogens is 2. The molecule has 3 atom stereocenters. The van der Waals surface area contributed by atoms with Crippen LogP contribution in [0.2, 0.25) is 0 Å². The zero-order valence-electron chi connectivity index (χ0n) is 19.1. The average molecular weight is 470 g/mol. The van der Waals surface area contributed by atoms with E-state index in [0.29, 0.717) is 30.6 Å². The molecule has 6 nitrogen and oxygen atoms in total. The van der Waals surface area contributed by atoms with Crippen molar-refractivity contribution in [2.75, 3.05) is 18.5 Å². The monoisotopic (exact) mass is 469 g/mol. The standard InChI is InChI=1S/C26H29F2N3O3/c1-15-7-8-19-21(29-15)9-10-22-24(19)30-23(31(22)18-6-3-11-34-14-18)13-20(26(32)33)16-4-2-5-17(12-16)25(27)28/h2,4-5,9-10,12,15,18,20,25,29H,3,6-8,11,13-14H2,1H3,(H,32,33)/t15-,18?,20?/m0/s1. The molecule has 1 fully saturated rings. The number of imidazole rings is 1. The van der Waals surface area contributed by atoms with Gasteiger partial charge in [-0.05, 0) is 56.4 Å². The summed E-state index contributed by atoms with van der Waals surface area (Å²) in [5.41, 5.74) is 4.28. The van der Waals surface area contributed by atoms with Crippen molar-refractivity contribution < 1.29 is 23.4 Å². The van der Waals surface area contributed by atoms with E-state index in [4.69, 9.17) is 9.72 Å². The summed E-state index contributed by atoms with van der Waals surface area (Å²) in [6.45, 7) is 3.42. The van der Waals surface area contributed by atoms with Crippen molar-refractivity contribution >= 4 is 22.7 Å². The number of anilines is 1. The average Bonchev–Trinajstić information content (AvgIpc) is 3.21. The summed E-state index contributed by atoms with van der Waals surface area (Å²) in [7, 11) is 0. The highest BCUT2D eigenvalue weighted by Gasteiger charge is 2.29. The third kappa shape index (κ3) is 4.27. The smallest absolute Gasteiger partial charge is 0.311 e. The molecule has 8 heteroatoms. The molecule has 0 saturated carbocycles. The van der Waals surface area contributed by atoms with Crippen molar-refractivity contribution in [1.82, 2.24) is 9.55 Å². The van der Waals surface area contributed by atoms with E-state index in [0.717, 1.165) is 48.0 Å². The van der Waals surface area contributed by atoms with E-state index in [-0.39, 0.29) is 18.0 Å². The van der Waals surface area contributed by atoms with Crippen LogP contribution >= 0.6 is 0 Å². The largest absolute Gasteiger partial charge is 0.481 e. The zero-order valence-corrected chi connectivity index (χ0v) is 19.1. The van der Waals surface area contributed by atoms with Crippen LogP contribution in [0.15, 0.2) is 36.4 Å². The molecule has 0 bridgehead atoms. The molecular weight excluding hydrogens is 440 g/mol. The van der Waals surface area contributed by atoms with Gasteiger partial charge in [0.25, 0.3) is 6.43 Å². The number of fused-ring (bicyclic) bond motifs is 3. The van der Waals surface area contributed by atoms with Crippen molar-refractivity contribution in [3.63, 3.8) is 0 Å². The van der Waals surface area contributed by atoms with Crippen molar-refractivity contribution in [1.29, 1.82) is 0 Å². The van der Waals surface area contributed by atoms with Gasteiger partial charge in [0.2, 0.25) is 0 Å². The van der Waals surface area contributed by atoms with Crippen LogP contribution in [-0.2, 0) is 22.4 Å². The first-order chi connectivity index (χ1) is 16.4. The molecule has 1 aromatic heterocycles. The highest BCUT2D eigenvalue weighted by molar-refractivity contribution is 5.86. The summed E-state index contributed by atoms with van der Waals surface area (Å²) < 4.78 is 34.5. The van der Waals surface area contributed by atoms with Crippen LogP contribution in [-0.4, -0.2) is 39.9 Å². The Bertz CT molecular complexity index is 1200. The second-order valence-electron chi connectivity index (χ2n) is 9.38. The molecular formula is C26H29F2N3O3. The van der Waals surface area contributed by atoms with E-state index in [1.807, 2.05) is 0 Å². The van der Waals surface area contributed by atoms with Crippen LogP contribution in [0.25, 0.3) is 11.0 Å². The minimum atomic E-state index is -2.65. The SMILES string of the molecule is C[C@H]1CCc2c(ccc3c2nc(CC(C(=O)O)c2cccc(C(F)F)c2)n3C2CCCOC2)N1. The fourth-order valence-electron chi connectivity index (χ4n) is 5.27. The molecule has 0 radical (unpaired) electrons. The molecule has 3 heterocycles. The Labute approximate surface area is 196 Å². The summed E-state index contributed by atoms with van der Waals surface area (Å²) in [5.74, 6) is -1.37. The number of nitrogens with zero attached hydrogens (tertiary/aromatic N) is 2. The van der Waals surface area contributed by atoms with Crippen LogP contribution < -0.4 is 5.32 Å². The number of carbonyl (C=O) groups is 1. The van der Waals surface area contributed by atoms with E-state index in [9.17, 15) is 18.7 Å². The van der Waals surface area contributed by atoms with Gasteiger partial charge in [-0.1, -0.05) is 18.2 Å². The first-order valence-electron chi connectivity index (χ1n) is 11.9. The number of carboxylic acid groups (broad SMARTS) is 1. The topological polar surface area (TPSA) is 76.4 Å². The van der Waals surface area contributed by atoms with Crippen LogP contribution in [0.5, 0.6) is 0 Å². The Morgan fingerprint density at radius 2 is 2.09 bits per heavy atom. The molecule has 2 aliphatic heterocycles. The molecule has 5 rings (SSSR count). The van der Waals surface area contributed by atoms with Gasteiger partial charge in [0.15, 0.2) is 0 Å². The maximum Gasteiger partial charge on any atom is 0.311 e. The number of rotatable bonds is 6. The second kappa shape index (κ2) is 9.33. The summed E-state index contributed by atoms with van der Waals surface area (Å²) in [5, 5.41) is 13.6. The summed E-state index contributed by atoms with van der Waals surface area (Å²) in [4.78, 5) is 17.3. The Balaban J connectivity index is 1.61. The minimum Gasteiger partial charge on any atom is -0.481 e. The van der Waals surface area contributed by atoms with Crippen LogP contribution in [0.3, 0.4) is 0 Å². The number of aromatic nitrogens is 2. The fourth-order valence-corrected chi connectivity index (χ4v) is 5.27. The van der Waals surface area contributed by atoms with Crippen molar-refractivity contribution in [3.05, 3.63) is 58.9 Å². The molecule has 0 spiro atoms. The van der Waals surface area contributed by atoms with Crippen LogP contribution in [0, 0.1) is 0 Å². The molecule has 2 aromatic carbocycles.